The molecule has 0 aliphatic carbocycles. The van der Waals surface area contributed by atoms with Gasteiger partial charge >= 0.3 is 12.1 Å². The number of nitrogens with two attached hydrogens (primary N) is 1. The van der Waals surface area contributed by atoms with E-state index in [0.717, 1.165) is 0 Å². The highest BCUT2D eigenvalue weighted by molar-refractivity contribution is 7.89. The molecule has 1 amide bonds. The Labute approximate surface area is 341 Å². The molecule has 0 radical (unpaired) electrons. The summed E-state index contributed by atoms with van der Waals surface area (Å²) in [6.07, 6.45) is -2.55. The van der Waals surface area contributed by atoms with E-state index >= 15 is 0 Å². The van der Waals surface area contributed by atoms with Crippen LogP contribution in [-0.4, -0.2) is 99.8 Å². The molecular formula is C41H56N3O12PS. The number of rotatable bonds is 20. The predicted octanol–water partition coefficient (Wildman–Crippen LogP) is 5.14. The molecule has 3 aromatic rings. The lowest BCUT2D eigenvalue weighted by atomic mass is 10.0. The van der Waals surface area contributed by atoms with Crippen molar-refractivity contribution in [1.29, 1.82) is 0 Å². The zero-order chi connectivity index (χ0) is 42.0. The third-order valence-corrected chi connectivity index (χ3v) is 12.8. The maximum Gasteiger partial charge on any atom is 0.407 e. The molecule has 3 aromatic carbocycles. The molecule has 1 unspecified atom stereocenters. The highest BCUT2D eigenvalue weighted by Gasteiger charge is 2.44. The third-order valence-electron chi connectivity index (χ3n) is 9.79. The van der Waals surface area contributed by atoms with E-state index in [1.165, 1.54) is 23.1 Å². The van der Waals surface area contributed by atoms with Crippen LogP contribution in [0, 0.1) is 17.8 Å². The monoisotopic (exact) mass is 845 g/mol. The van der Waals surface area contributed by atoms with Gasteiger partial charge in [-0.15, -0.1) is 0 Å². The van der Waals surface area contributed by atoms with Gasteiger partial charge in [0.2, 0.25) is 10.0 Å². The molecule has 4 N–H and O–H groups in total. The first-order valence-electron chi connectivity index (χ1n) is 19.4. The van der Waals surface area contributed by atoms with Crippen LogP contribution in [0.5, 0.6) is 11.5 Å². The number of hydrogen-bond acceptors (Lipinski definition) is 13. The summed E-state index contributed by atoms with van der Waals surface area (Å²) in [5.41, 5.74) is 7.14. The Balaban J connectivity index is 1.29. The van der Waals surface area contributed by atoms with Gasteiger partial charge in [0, 0.05) is 19.8 Å². The summed E-state index contributed by atoms with van der Waals surface area (Å²) in [6.45, 7) is 9.16. The molecule has 5 rings (SSSR count). The van der Waals surface area contributed by atoms with Crippen LogP contribution in [0.25, 0.3) is 0 Å². The van der Waals surface area contributed by atoms with E-state index < -0.39 is 60.0 Å². The molecular weight excluding hydrogens is 790 g/mol. The van der Waals surface area contributed by atoms with Crippen molar-refractivity contribution in [2.75, 3.05) is 39.3 Å². The minimum Gasteiger partial charge on any atom is -0.482 e. The first-order valence-corrected chi connectivity index (χ1v) is 23.1. The standard InChI is InChI=1S/C41H56N3O12PS/c1-27(2)22-44(58(49,50)33-17-13-30(14-18-33)24-52-39(46)38(42)28(3)4)23-36(45)35(43-41(47)55-37-25-53-40-34(37)19-20-51-40)21-29-11-15-31(16-12-29)54-26-57(5,48)56-32-9-7-6-8-10-32/h6-18,27-28,34-38,40,45H,19-26,42H2,1-5H3,(H,43,47)/t34-,35-,36+,37-,38+,40+,57?/m0/s1. The van der Waals surface area contributed by atoms with E-state index in [9.17, 15) is 27.7 Å². The fraction of sp³-hybridized carbons (Fsp3) is 0.512. The van der Waals surface area contributed by atoms with E-state index in [-0.39, 0.29) is 61.7 Å². The summed E-state index contributed by atoms with van der Waals surface area (Å²) in [5, 5.41) is 14.6. The summed E-state index contributed by atoms with van der Waals surface area (Å²) in [5.74, 6) is 0.0241. The quantitative estimate of drug-likeness (QED) is 0.0998. The number of aliphatic hydroxyl groups is 1. The van der Waals surface area contributed by atoms with Gasteiger partial charge in [-0.1, -0.05) is 70.2 Å². The van der Waals surface area contributed by atoms with Crippen LogP contribution in [0.1, 0.15) is 45.2 Å². The van der Waals surface area contributed by atoms with Crippen molar-refractivity contribution >= 4 is 29.5 Å². The Bertz CT molecular complexity index is 1950. The summed E-state index contributed by atoms with van der Waals surface area (Å²) >= 11 is 0. The van der Waals surface area contributed by atoms with Gasteiger partial charge in [0.1, 0.15) is 30.3 Å². The fourth-order valence-corrected chi connectivity index (χ4v) is 9.12. The molecule has 2 saturated heterocycles. The van der Waals surface area contributed by atoms with E-state index in [0.29, 0.717) is 35.7 Å². The lowest BCUT2D eigenvalue weighted by molar-refractivity contribution is -0.147. The largest absolute Gasteiger partial charge is 0.482 e. The topological polar surface area (TPSA) is 202 Å². The molecule has 15 nitrogen and oxygen atoms in total. The van der Waals surface area contributed by atoms with Crippen LogP contribution < -0.4 is 20.3 Å². The van der Waals surface area contributed by atoms with Gasteiger partial charge in [-0.05, 0) is 72.2 Å². The first-order chi connectivity index (χ1) is 27.5. The van der Waals surface area contributed by atoms with Gasteiger partial charge in [-0.2, -0.15) is 4.31 Å². The van der Waals surface area contributed by atoms with Crippen molar-refractivity contribution < 1.29 is 55.9 Å². The SMILES string of the molecule is CC(C)CN(C[C@@H](O)[C@H](Cc1ccc(OCP(C)(=O)Oc2ccccc2)cc1)NC(=O)O[C@H]1CO[C@H]2OCC[C@H]21)S(=O)(=O)c1ccc(COC(=O)[C@H](N)C(C)C)cc1. The van der Waals surface area contributed by atoms with Gasteiger partial charge in [0.05, 0.1) is 36.2 Å². The number of hydrogen-bond donors (Lipinski definition) is 3. The molecule has 58 heavy (non-hydrogen) atoms. The van der Waals surface area contributed by atoms with Crippen LogP contribution in [0.2, 0.25) is 0 Å². The number of alkyl carbamates (subject to hydrolysis) is 1. The van der Waals surface area contributed by atoms with Gasteiger partial charge in [-0.25, -0.2) is 13.2 Å². The lowest BCUT2D eigenvalue weighted by Crippen LogP contribution is -2.51. The Morgan fingerprint density at radius 1 is 0.948 bits per heavy atom. The summed E-state index contributed by atoms with van der Waals surface area (Å²) in [6, 6.07) is 19.8. The Morgan fingerprint density at radius 3 is 2.28 bits per heavy atom. The molecule has 0 spiro atoms. The molecule has 318 valence electrons. The second kappa shape index (κ2) is 20.3. The summed E-state index contributed by atoms with van der Waals surface area (Å²) in [7, 11) is -7.30. The Hall–Kier alpha value is -4.02. The number of carbonyl (C=O) groups is 2. The highest BCUT2D eigenvalue weighted by Crippen LogP contribution is 2.43. The zero-order valence-corrected chi connectivity index (χ0v) is 35.3. The average Bonchev–Trinajstić information content (AvgIpc) is 3.81. The second-order valence-electron chi connectivity index (χ2n) is 15.6. The van der Waals surface area contributed by atoms with E-state index in [1.54, 1.807) is 60.7 Å². The van der Waals surface area contributed by atoms with Crippen LogP contribution >= 0.6 is 7.37 Å². The van der Waals surface area contributed by atoms with Crippen molar-refractivity contribution in [3.8, 4) is 11.5 Å². The summed E-state index contributed by atoms with van der Waals surface area (Å²) in [4.78, 5) is 25.6. The molecule has 2 heterocycles. The van der Waals surface area contributed by atoms with Crippen LogP contribution in [-0.2, 0) is 51.4 Å². The number of fused-ring (bicyclic) bond motifs is 1. The van der Waals surface area contributed by atoms with Crippen molar-refractivity contribution in [1.82, 2.24) is 9.62 Å². The summed E-state index contributed by atoms with van der Waals surface area (Å²) < 4.78 is 76.1. The van der Waals surface area contributed by atoms with Crippen LogP contribution in [0.15, 0.2) is 83.8 Å². The smallest absolute Gasteiger partial charge is 0.407 e. The predicted molar refractivity (Wildman–Crippen MR) is 216 cm³/mol. The number of nitrogens with zero attached hydrogens (tertiary/aromatic N) is 1. The Morgan fingerprint density at radius 2 is 1.62 bits per heavy atom. The minimum atomic E-state index is -4.15. The third kappa shape index (κ3) is 12.7. The van der Waals surface area contributed by atoms with Gasteiger partial charge in [0.25, 0.3) is 7.37 Å². The normalized spacial score (nSPS) is 20.6. The van der Waals surface area contributed by atoms with E-state index in [2.05, 4.69) is 5.32 Å². The van der Waals surface area contributed by atoms with Crippen molar-refractivity contribution in [3.05, 3.63) is 90.0 Å². The lowest BCUT2D eigenvalue weighted by Gasteiger charge is -2.31. The number of amides is 1. The van der Waals surface area contributed by atoms with E-state index in [4.69, 9.17) is 33.9 Å². The molecule has 7 atom stereocenters. The number of ether oxygens (including phenoxy) is 5. The zero-order valence-electron chi connectivity index (χ0n) is 33.6. The van der Waals surface area contributed by atoms with Crippen molar-refractivity contribution in [3.63, 3.8) is 0 Å². The fourth-order valence-electron chi connectivity index (χ4n) is 6.50. The number of carbonyl (C=O) groups excluding carboxylic acids is 2. The molecule has 2 aliphatic rings. The van der Waals surface area contributed by atoms with Gasteiger partial charge in [-0.3, -0.25) is 9.36 Å². The van der Waals surface area contributed by atoms with Gasteiger partial charge in [0.15, 0.2) is 12.6 Å². The van der Waals surface area contributed by atoms with Crippen LogP contribution in [0.4, 0.5) is 4.79 Å². The maximum absolute atomic E-state index is 14.1. The Kier molecular flexibility index (Phi) is 15.8. The second-order valence-corrected chi connectivity index (χ2v) is 20.0. The molecule has 17 heteroatoms. The van der Waals surface area contributed by atoms with Crippen molar-refractivity contribution in [2.45, 2.75) is 82.6 Å². The number of esters is 1. The molecule has 0 bridgehead atoms. The molecule has 2 fully saturated rings. The number of para-hydroxylation sites is 1. The molecule has 0 saturated carbocycles. The van der Waals surface area contributed by atoms with Crippen LogP contribution in [0.3, 0.4) is 0 Å². The molecule has 2 aliphatic heterocycles. The number of nitrogens with one attached hydrogen (secondary N) is 1. The highest BCUT2D eigenvalue weighted by atomic mass is 32.2. The maximum atomic E-state index is 14.1. The number of benzene rings is 3. The minimum absolute atomic E-state index is 0.0193. The molecule has 0 aromatic heterocycles. The number of aliphatic hydroxyl groups excluding tert-OH is 1. The average molecular weight is 846 g/mol. The first kappa shape index (κ1) is 45.1. The van der Waals surface area contributed by atoms with Crippen molar-refractivity contribution in [2.24, 2.45) is 23.5 Å². The van der Waals surface area contributed by atoms with Gasteiger partial charge < -0.3 is 44.4 Å². The van der Waals surface area contributed by atoms with E-state index in [1.807, 2.05) is 33.8 Å². The number of sulfonamides is 1.